The zero-order chi connectivity index (χ0) is 14.5. The summed E-state index contributed by atoms with van der Waals surface area (Å²) in [5.74, 6) is -2.43. The zero-order valence-electron chi connectivity index (χ0n) is 10.8. The summed E-state index contributed by atoms with van der Waals surface area (Å²) in [6.07, 6.45) is -0.796. The molecule has 0 aliphatic heterocycles. The number of fused-ring (bicyclic) bond motifs is 1. The highest BCUT2D eigenvalue weighted by atomic mass is 19.3. The minimum atomic E-state index is -3.15. The molecule has 1 unspecified atom stereocenters. The Labute approximate surface area is 114 Å². The van der Waals surface area contributed by atoms with Gasteiger partial charge in [0.25, 0.3) is 5.92 Å². The summed E-state index contributed by atoms with van der Waals surface area (Å²) in [5, 5.41) is 9.87. The van der Waals surface area contributed by atoms with Gasteiger partial charge in [-0.1, -0.05) is 18.2 Å². The van der Waals surface area contributed by atoms with E-state index in [1.54, 1.807) is 25.1 Å². The van der Waals surface area contributed by atoms with Crippen LogP contribution in [0.3, 0.4) is 0 Å². The molecule has 6 heteroatoms. The van der Waals surface area contributed by atoms with Crippen molar-refractivity contribution in [3.05, 3.63) is 41.3 Å². The van der Waals surface area contributed by atoms with Crippen LogP contribution in [0.4, 0.5) is 14.6 Å². The average molecular weight is 277 g/mol. The van der Waals surface area contributed by atoms with Gasteiger partial charge in [0.05, 0.1) is 0 Å². The number of nitrogen functional groups attached to an aromatic ring is 1. The number of alkyl halides is 2. The molecule has 0 saturated heterocycles. The predicted molar refractivity (Wildman–Crippen MR) is 70.2 cm³/mol. The number of halogens is 2. The fraction of sp³-hybridized carbons (Fsp3) is 0.286. The molecule has 104 valence electrons. The van der Waals surface area contributed by atoms with Crippen molar-refractivity contribution in [2.75, 3.05) is 5.73 Å². The van der Waals surface area contributed by atoms with Crippen molar-refractivity contribution in [3.8, 4) is 11.1 Å². The topological polar surface area (TPSA) is 72.0 Å². The molecule has 1 aliphatic rings. The molecule has 1 aliphatic carbocycles. The summed E-state index contributed by atoms with van der Waals surface area (Å²) in [6, 6.07) is 4.91. The van der Waals surface area contributed by atoms with Crippen molar-refractivity contribution in [3.63, 3.8) is 0 Å². The molecule has 0 fully saturated rings. The van der Waals surface area contributed by atoms with E-state index in [4.69, 9.17) is 5.73 Å². The van der Waals surface area contributed by atoms with Gasteiger partial charge in [-0.3, -0.25) is 0 Å². The molecule has 0 radical (unpaired) electrons. The summed E-state index contributed by atoms with van der Waals surface area (Å²) >= 11 is 0. The number of hydrogen-bond acceptors (Lipinski definition) is 4. The molecule has 0 amide bonds. The molecule has 1 aromatic heterocycles. The lowest BCUT2D eigenvalue weighted by Gasteiger charge is -2.16. The second kappa shape index (κ2) is 4.21. The van der Waals surface area contributed by atoms with Gasteiger partial charge in [-0.2, -0.15) is 0 Å². The monoisotopic (exact) mass is 277 g/mol. The highest BCUT2D eigenvalue weighted by Crippen LogP contribution is 2.47. The van der Waals surface area contributed by atoms with E-state index in [-0.39, 0.29) is 11.4 Å². The molecule has 0 saturated carbocycles. The van der Waals surface area contributed by atoms with Gasteiger partial charge < -0.3 is 10.8 Å². The largest absolute Gasteiger partial charge is 0.383 e. The van der Waals surface area contributed by atoms with Crippen LogP contribution in [0.25, 0.3) is 11.1 Å². The molecular formula is C14H13F2N3O. The first-order chi connectivity index (χ1) is 9.40. The zero-order valence-corrected chi connectivity index (χ0v) is 10.8. The lowest BCUT2D eigenvalue weighted by molar-refractivity contribution is -0.0966. The van der Waals surface area contributed by atoms with Crippen molar-refractivity contribution < 1.29 is 13.9 Å². The maximum atomic E-state index is 13.7. The Morgan fingerprint density at radius 2 is 2.10 bits per heavy atom. The number of nitrogens with two attached hydrogens (primary N) is 1. The first kappa shape index (κ1) is 12.9. The molecule has 2 aromatic rings. The van der Waals surface area contributed by atoms with Crippen LogP contribution in [0, 0.1) is 6.92 Å². The Morgan fingerprint density at radius 3 is 2.80 bits per heavy atom. The summed E-state index contributed by atoms with van der Waals surface area (Å²) in [4.78, 5) is 8.08. The minimum absolute atomic E-state index is 0.216. The Hall–Kier alpha value is -2.08. The molecule has 0 bridgehead atoms. The van der Waals surface area contributed by atoms with Crippen LogP contribution >= 0.6 is 0 Å². The van der Waals surface area contributed by atoms with Crippen LogP contribution in [-0.4, -0.2) is 21.0 Å². The summed E-state index contributed by atoms with van der Waals surface area (Å²) < 4.78 is 27.4. The van der Waals surface area contributed by atoms with Crippen LogP contribution in [-0.2, 0) is 6.42 Å². The summed E-state index contributed by atoms with van der Waals surface area (Å²) in [5.41, 5.74) is 7.41. The lowest BCUT2D eigenvalue weighted by Crippen LogP contribution is -2.21. The van der Waals surface area contributed by atoms with E-state index in [0.717, 1.165) is 0 Å². The quantitative estimate of drug-likeness (QED) is 0.838. The van der Waals surface area contributed by atoms with Crippen LogP contribution < -0.4 is 5.73 Å². The van der Waals surface area contributed by atoms with E-state index in [2.05, 4.69) is 9.97 Å². The van der Waals surface area contributed by atoms with Gasteiger partial charge in [-0.25, -0.2) is 18.7 Å². The first-order valence-corrected chi connectivity index (χ1v) is 6.17. The van der Waals surface area contributed by atoms with Gasteiger partial charge >= 0.3 is 0 Å². The number of anilines is 1. The Balaban J connectivity index is 2.21. The van der Waals surface area contributed by atoms with Crippen LogP contribution in [0.5, 0.6) is 0 Å². The number of aliphatic hydroxyl groups excluding tert-OH is 1. The Morgan fingerprint density at radius 1 is 1.35 bits per heavy atom. The van der Waals surface area contributed by atoms with E-state index >= 15 is 0 Å². The summed E-state index contributed by atoms with van der Waals surface area (Å²) in [7, 11) is 0. The van der Waals surface area contributed by atoms with Crippen LogP contribution in [0.2, 0.25) is 0 Å². The van der Waals surface area contributed by atoms with Crippen molar-refractivity contribution in [2.24, 2.45) is 0 Å². The van der Waals surface area contributed by atoms with Gasteiger partial charge in [-0.15, -0.1) is 0 Å². The van der Waals surface area contributed by atoms with Crippen LogP contribution in [0.15, 0.2) is 24.4 Å². The lowest BCUT2D eigenvalue weighted by atomic mass is 9.97. The second-order valence-electron chi connectivity index (χ2n) is 4.93. The van der Waals surface area contributed by atoms with Crippen molar-refractivity contribution in [1.82, 2.24) is 9.97 Å². The van der Waals surface area contributed by atoms with Crippen molar-refractivity contribution in [2.45, 2.75) is 25.4 Å². The molecule has 20 heavy (non-hydrogen) atoms. The number of nitrogens with zero attached hydrogens (tertiary/aromatic N) is 2. The second-order valence-corrected chi connectivity index (χ2v) is 4.93. The number of benzene rings is 1. The highest BCUT2D eigenvalue weighted by Gasteiger charge is 2.47. The number of aryl methyl sites for hydroxylation is 1. The van der Waals surface area contributed by atoms with Crippen LogP contribution in [0.1, 0.15) is 23.1 Å². The SMILES string of the molecule is Cc1ncc(-c2cccc3c2C(O)C(F)(F)C3)c(N)n1. The maximum Gasteiger partial charge on any atom is 0.281 e. The predicted octanol–water partition coefficient (Wildman–Crippen LogP) is 2.26. The molecule has 4 nitrogen and oxygen atoms in total. The van der Waals surface area contributed by atoms with Gasteiger partial charge in [-0.05, 0) is 23.6 Å². The van der Waals surface area contributed by atoms with Gasteiger partial charge in [0.2, 0.25) is 0 Å². The molecule has 1 atom stereocenters. The normalized spacial score (nSPS) is 19.9. The molecule has 1 aromatic carbocycles. The van der Waals surface area contributed by atoms with E-state index < -0.39 is 18.4 Å². The Bertz CT molecular complexity index is 688. The first-order valence-electron chi connectivity index (χ1n) is 6.17. The summed E-state index contributed by atoms with van der Waals surface area (Å²) in [6.45, 7) is 1.69. The molecule has 3 N–H and O–H groups in total. The third-order valence-electron chi connectivity index (χ3n) is 3.52. The van der Waals surface area contributed by atoms with E-state index in [1.165, 1.54) is 6.20 Å². The molecular weight excluding hydrogens is 264 g/mol. The number of hydrogen-bond donors (Lipinski definition) is 2. The Kier molecular flexibility index (Phi) is 2.72. The standard InChI is InChI=1S/C14H13F2N3O/c1-7-18-6-10(13(17)19-7)9-4-2-3-8-5-14(15,16)12(20)11(8)9/h2-4,6,12,20H,5H2,1H3,(H2,17,18,19). The smallest absolute Gasteiger partial charge is 0.281 e. The average Bonchev–Trinajstić information content (AvgIpc) is 2.60. The third kappa shape index (κ3) is 1.84. The highest BCUT2D eigenvalue weighted by molar-refractivity contribution is 5.77. The van der Waals surface area contributed by atoms with Gasteiger partial charge in [0, 0.05) is 18.2 Å². The molecule has 0 spiro atoms. The van der Waals surface area contributed by atoms with E-state index in [0.29, 0.717) is 22.5 Å². The third-order valence-corrected chi connectivity index (χ3v) is 3.52. The number of aliphatic hydroxyl groups is 1. The maximum absolute atomic E-state index is 13.7. The van der Waals surface area contributed by atoms with Gasteiger partial charge in [0.1, 0.15) is 17.7 Å². The van der Waals surface area contributed by atoms with Gasteiger partial charge in [0.15, 0.2) is 0 Å². The number of aromatic nitrogens is 2. The van der Waals surface area contributed by atoms with E-state index in [1.807, 2.05) is 0 Å². The number of rotatable bonds is 1. The molecule has 1 heterocycles. The van der Waals surface area contributed by atoms with E-state index in [9.17, 15) is 13.9 Å². The fourth-order valence-corrected chi connectivity index (χ4v) is 2.58. The van der Waals surface area contributed by atoms with Crippen molar-refractivity contribution in [1.29, 1.82) is 0 Å². The molecule has 3 rings (SSSR count). The minimum Gasteiger partial charge on any atom is -0.383 e. The fourth-order valence-electron chi connectivity index (χ4n) is 2.58. The van der Waals surface area contributed by atoms with Crippen molar-refractivity contribution >= 4 is 5.82 Å².